The number of carbonyl (C=O) groups is 4. The van der Waals surface area contributed by atoms with Crippen molar-refractivity contribution in [1.29, 1.82) is 0 Å². The maximum Gasteiger partial charge on any atom is 0.286 e. The van der Waals surface area contributed by atoms with E-state index in [-0.39, 0.29) is 38.4 Å². The van der Waals surface area contributed by atoms with E-state index in [1.165, 1.54) is 6.07 Å². The van der Waals surface area contributed by atoms with Gasteiger partial charge >= 0.3 is 0 Å². The van der Waals surface area contributed by atoms with Gasteiger partial charge in [-0.25, -0.2) is 4.90 Å². The molecule has 133 valence electrons. The third-order valence-electron chi connectivity index (χ3n) is 5.08. The Morgan fingerprint density at radius 2 is 1.33 bits per heavy atom. The van der Waals surface area contributed by atoms with Crippen LogP contribution in [0.5, 0.6) is 0 Å². The summed E-state index contributed by atoms with van der Waals surface area (Å²) in [5.41, 5.74) is 1.11. The molecule has 0 bridgehead atoms. The van der Waals surface area contributed by atoms with Crippen LogP contribution in [0.3, 0.4) is 0 Å². The van der Waals surface area contributed by atoms with E-state index < -0.39 is 29.0 Å². The molecule has 2 fully saturated rings. The van der Waals surface area contributed by atoms with Crippen LogP contribution >= 0.6 is 0 Å². The van der Waals surface area contributed by atoms with Crippen LogP contribution in [0.1, 0.15) is 16.7 Å². The number of rotatable bonds is 2. The minimum Gasteiger partial charge on any atom is -0.272 e. The maximum absolute atomic E-state index is 12.7. The average molecular weight is 436 g/mol. The number of benzene rings is 2. The minimum absolute atomic E-state index is 0. The molecule has 4 rings (SSSR count). The van der Waals surface area contributed by atoms with Crippen molar-refractivity contribution < 1.29 is 51.9 Å². The molecule has 2 aliphatic rings. The summed E-state index contributed by atoms with van der Waals surface area (Å²) < 4.78 is 0. The third kappa shape index (κ3) is 2.33. The molecule has 2 saturated heterocycles. The van der Waals surface area contributed by atoms with Crippen molar-refractivity contribution in [2.45, 2.75) is 20.8 Å². The van der Waals surface area contributed by atoms with Gasteiger partial charge in [-0.05, 0) is 43.5 Å². The fourth-order valence-electron chi connectivity index (χ4n) is 3.44. The molecule has 6 nitrogen and oxygen atoms in total. The van der Waals surface area contributed by atoms with E-state index in [2.05, 4.69) is 6.07 Å². The number of imide groups is 2. The largest absolute Gasteiger partial charge is 0.286 e. The van der Waals surface area contributed by atoms with Crippen LogP contribution in [0.25, 0.3) is 0 Å². The van der Waals surface area contributed by atoms with Crippen molar-refractivity contribution in [3.05, 3.63) is 59.2 Å². The minimum atomic E-state index is -2.21. The average Bonchev–Trinajstić information content (AvgIpc) is 2.61. The van der Waals surface area contributed by atoms with Gasteiger partial charge in [0.05, 0.1) is 5.69 Å². The molecule has 0 aromatic heterocycles. The monoisotopic (exact) mass is 436 g/mol. The quantitative estimate of drug-likeness (QED) is 0.409. The number of hydrogen-bond acceptors (Lipinski definition) is 4. The Bertz CT molecular complexity index is 982. The topological polar surface area (TPSA) is 74.8 Å². The first-order valence-corrected chi connectivity index (χ1v) is 8.14. The third-order valence-corrected chi connectivity index (χ3v) is 5.08. The van der Waals surface area contributed by atoms with Crippen LogP contribution in [0.4, 0.5) is 11.4 Å². The van der Waals surface area contributed by atoms with Crippen molar-refractivity contribution >= 4 is 35.0 Å². The zero-order chi connectivity index (χ0) is 18.8. The maximum atomic E-state index is 12.7. The van der Waals surface area contributed by atoms with E-state index in [0.717, 1.165) is 26.5 Å². The number of amides is 4. The van der Waals surface area contributed by atoms with Gasteiger partial charge in [-0.2, -0.15) is 24.3 Å². The van der Waals surface area contributed by atoms with Crippen molar-refractivity contribution in [2.24, 2.45) is 5.41 Å². The molecule has 0 aliphatic carbocycles. The predicted octanol–water partition coefficient (Wildman–Crippen LogP) is 1.84. The van der Waals surface area contributed by atoms with Gasteiger partial charge in [-0.3, -0.25) is 24.1 Å². The number of anilines is 2. The smallest absolute Gasteiger partial charge is 0.272 e. The SMILES string of the molecule is Cc1cc(C)c(N2C(=O)C3(C(=O)N(c4[c-]cccc4)C3=O)C2=O)cc1C.[Y]. The van der Waals surface area contributed by atoms with E-state index in [1.54, 1.807) is 31.2 Å². The molecule has 0 atom stereocenters. The normalized spacial score (nSPS) is 17.6. The van der Waals surface area contributed by atoms with Gasteiger partial charge < -0.3 is 0 Å². The second-order valence-electron chi connectivity index (χ2n) is 6.61. The number of carbonyl (C=O) groups excluding carboxylic acids is 4. The van der Waals surface area contributed by atoms with Gasteiger partial charge in [0.25, 0.3) is 29.0 Å². The van der Waals surface area contributed by atoms with Gasteiger partial charge in [-0.15, -0.1) is 6.07 Å². The van der Waals surface area contributed by atoms with Crippen molar-refractivity contribution in [3.63, 3.8) is 0 Å². The summed E-state index contributed by atoms with van der Waals surface area (Å²) in [6, 6.07) is 12.8. The van der Waals surface area contributed by atoms with Crippen LogP contribution in [-0.4, -0.2) is 23.6 Å². The van der Waals surface area contributed by atoms with E-state index >= 15 is 0 Å². The standard InChI is InChI=1S/C20H15N2O4.Y/c1-11-9-13(3)15(10-12(11)2)22-18(25)20(19(22)26)16(23)21(17(20)24)14-7-5-4-6-8-14;/h4-7,9-10H,1-3H3;/q-1;. The molecular formula is C20H15N2O4Y-. The molecule has 0 N–H and O–H groups in total. The first kappa shape index (κ1) is 19.6. The van der Waals surface area contributed by atoms with Gasteiger partial charge in [0, 0.05) is 32.7 Å². The van der Waals surface area contributed by atoms with Crippen molar-refractivity contribution in [3.8, 4) is 0 Å². The Balaban J connectivity index is 0.00000210. The van der Waals surface area contributed by atoms with Crippen LogP contribution in [0.15, 0.2) is 36.4 Å². The summed E-state index contributed by atoms with van der Waals surface area (Å²) in [4.78, 5) is 52.5. The fourth-order valence-corrected chi connectivity index (χ4v) is 3.44. The summed E-state index contributed by atoms with van der Waals surface area (Å²) >= 11 is 0. The molecule has 7 heteroatoms. The summed E-state index contributed by atoms with van der Waals surface area (Å²) in [6.45, 7) is 5.58. The van der Waals surface area contributed by atoms with Crippen LogP contribution < -0.4 is 9.80 Å². The van der Waals surface area contributed by atoms with E-state index in [4.69, 9.17) is 0 Å². The first-order chi connectivity index (χ1) is 12.3. The molecule has 2 aromatic carbocycles. The number of β-lactam (4-membered cyclic amide) rings is 4. The molecular weight excluding hydrogens is 421 g/mol. The van der Waals surface area contributed by atoms with E-state index in [1.807, 2.05) is 19.9 Å². The molecule has 0 unspecified atom stereocenters. The number of nitrogens with zero attached hydrogens (tertiary/aromatic N) is 2. The van der Waals surface area contributed by atoms with Crippen molar-refractivity contribution in [1.82, 2.24) is 0 Å². The van der Waals surface area contributed by atoms with Crippen LogP contribution in [0.2, 0.25) is 0 Å². The zero-order valence-corrected chi connectivity index (χ0v) is 17.9. The second kappa shape index (κ2) is 6.46. The molecule has 27 heavy (non-hydrogen) atoms. The molecule has 0 saturated carbocycles. The van der Waals surface area contributed by atoms with E-state index in [9.17, 15) is 19.2 Å². The molecule has 1 radical (unpaired) electrons. The van der Waals surface area contributed by atoms with E-state index in [0.29, 0.717) is 5.69 Å². The summed E-state index contributed by atoms with van der Waals surface area (Å²) in [5.74, 6) is -3.18. The molecule has 2 aliphatic heterocycles. The van der Waals surface area contributed by atoms with Crippen molar-refractivity contribution in [2.75, 3.05) is 9.80 Å². The Kier molecular flexibility index (Phi) is 4.69. The molecule has 2 aromatic rings. The molecule has 1 spiro atoms. The van der Waals surface area contributed by atoms with Gasteiger partial charge in [-0.1, -0.05) is 11.8 Å². The molecule has 4 amide bonds. The summed E-state index contributed by atoms with van der Waals surface area (Å²) in [5, 5.41) is 0. The Labute approximate surface area is 181 Å². The summed E-state index contributed by atoms with van der Waals surface area (Å²) in [7, 11) is 0. The Morgan fingerprint density at radius 1 is 0.778 bits per heavy atom. The zero-order valence-electron chi connectivity index (χ0n) is 15.1. The Hall–Kier alpha value is -2.18. The fraction of sp³-hybridized carbons (Fsp3) is 0.200. The number of aryl methyl sites for hydroxylation is 3. The van der Waals surface area contributed by atoms with Crippen LogP contribution in [-0.2, 0) is 51.9 Å². The first-order valence-electron chi connectivity index (χ1n) is 8.14. The van der Waals surface area contributed by atoms with Gasteiger partial charge in [0.1, 0.15) is 0 Å². The van der Waals surface area contributed by atoms with Crippen LogP contribution in [0, 0.1) is 32.3 Å². The van der Waals surface area contributed by atoms with Gasteiger partial charge in [0.15, 0.2) is 0 Å². The Morgan fingerprint density at radius 3 is 1.89 bits per heavy atom. The number of para-hydroxylation sites is 1. The summed E-state index contributed by atoms with van der Waals surface area (Å²) in [6.07, 6.45) is 0. The molecule has 2 heterocycles. The van der Waals surface area contributed by atoms with Gasteiger partial charge in [0.2, 0.25) is 0 Å². The predicted molar refractivity (Wildman–Crippen MR) is 93.4 cm³/mol. The second-order valence-corrected chi connectivity index (χ2v) is 6.61. The number of hydrogen-bond donors (Lipinski definition) is 0.